The molecule has 0 saturated heterocycles. The molecular weight excluding hydrogens is 196 g/mol. The average Bonchev–Trinajstić information content (AvgIpc) is 0.918. The van der Waals surface area contributed by atoms with Gasteiger partial charge in [0.25, 0.3) is 0 Å². The predicted molar refractivity (Wildman–Crippen MR) is 33.9 cm³/mol. The van der Waals surface area contributed by atoms with Crippen LogP contribution in [0.15, 0.2) is 0 Å². The van der Waals surface area contributed by atoms with E-state index in [1.807, 2.05) is 0 Å². The topological polar surface area (TPSA) is 0 Å². The fourth-order valence-corrected chi connectivity index (χ4v) is 0. The fourth-order valence-electron chi connectivity index (χ4n) is 0. The van der Waals surface area contributed by atoms with Crippen molar-refractivity contribution in [3.63, 3.8) is 0 Å². The fraction of sp³-hybridized carbons (Fsp3) is 0. The van der Waals surface area contributed by atoms with Crippen molar-refractivity contribution in [1.29, 1.82) is 0 Å². The van der Waals surface area contributed by atoms with E-state index in [2.05, 4.69) is 20.2 Å². The molecule has 0 heterocycles. The second-order valence-electron chi connectivity index (χ2n) is 0.0431. The van der Waals surface area contributed by atoms with Crippen molar-refractivity contribution in [3.05, 3.63) is 0 Å². The van der Waals surface area contributed by atoms with E-state index in [9.17, 15) is 0 Å². The van der Waals surface area contributed by atoms with Gasteiger partial charge in [0, 0.05) is 0 Å². The third-order valence-corrected chi connectivity index (χ3v) is 0. The van der Waals surface area contributed by atoms with Crippen molar-refractivity contribution in [1.82, 2.24) is 0 Å². The summed E-state index contributed by atoms with van der Waals surface area (Å²) in [4.78, 5) is 0. The van der Waals surface area contributed by atoms with Gasteiger partial charge in [-0.25, -0.2) is 0 Å². The zero-order chi connectivity index (χ0) is 2.71. The molecule has 0 saturated carbocycles. The van der Waals surface area contributed by atoms with E-state index in [1.54, 1.807) is 0 Å². The van der Waals surface area contributed by atoms with Crippen LogP contribution >= 0.6 is 40.0 Å². The van der Waals surface area contributed by atoms with Gasteiger partial charge >= 0.3 is 33.3 Å². The summed E-state index contributed by atoms with van der Waals surface area (Å²) in [5, 5.41) is 0. The molecule has 0 spiro atoms. The summed E-state index contributed by atoms with van der Waals surface area (Å²) >= 11 is 0.757. The second-order valence-corrected chi connectivity index (χ2v) is 1.60. The number of rotatable bonds is 0. The Bertz CT molecular complexity index is 7.61. The molecule has 0 aromatic carbocycles. The number of halogens is 2. The summed E-state index contributed by atoms with van der Waals surface area (Å²) in [5.74, 6) is 0. The Morgan fingerprint density at radius 1 is 1.00 bits per heavy atom. The van der Waals surface area contributed by atoms with Crippen LogP contribution in [0.3, 0.4) is 0 Å². The van der Waals surface area contributed by atoms with Gasteiger partial charge < -0.3 is 0 Å². The van der Waals surface area contributed by atoms with Crippen LogP contribution in [0, 0.1) is 0 Å². The van der Waals surface area contributed by atoms with Crippen LogP contribution in [-0.4, -0.2) is 0 Å². The van der Waals surface area contributed by atoms with Gasteiger partial charge in [-0.15, -0.1) is 0 Å². The quantitative estimate of drug-likeness (QED) is 0.412. The molecule has 0 aliphatic rings. The van der Waals surface area contributed by atoms with Crippen molar-refractivity contribution in [2.45, 2.75) is 0 Å². The summed E-state index contributed by atoms with van der Waals surface area (Å²) in [6, 6.07) is 0. The molecule has 2 unspecified atom stereocenters. The molecule has 5 heavy (non-hydrogen) atoms. The van der Waals surface area contributed by atoms with Gasteiger partial charge in [-0.2, -0.15) is 19.8 Å². The molecule has 0 nitrogen and oxygen atoms in total. The Hall–Kier alpha value is 1.96. The third-order valence-electron chi connectivity index (χ3n) is 0. The zero-order valence-corrected chi connectivity index (χ0v) is 7.75. The molecule has 41 valence electrons. The van der Waals surface area contributed by atoms with Crippen molar-refractivity contribution < 1.29 is 13.1 Å². The first-order chi connectivity index (χ1) is 1.41. The Labute approximate surface area is 53.2 Å². The summed E-state index contributed by atoms with van der Waals surface area (Å²) in [6.07, 6.45) is 0. The van der Waals surface area contributed by atoms with E-state index in [0.29, 0.717) is 0 Å². The minimum absolute atomic E-state index is 0. The maximum atomic E-state index is 4.67. The molecule has 0 N–H and O–H groups in total. The van der Waals surface area contributed by atoms with Crippen molar-refractivity contribution in [2.24, 2.45) is 0 Å². The molecule has 0 aliphatic heterocycles. The standard InChI is InChI=1S/2ClH.Cu.2H3P/h2*1H;;2*1H3/q;;+2;;/p-2. The van der Waals surface area contributed by atoms with Crippen LogP contribution < -0.4 is 0 Å². The molecule has 0 aromatic heterocycles. The summed E-state index contributed by atoms with van der Waals surface area (Å²) in [6.45, 7) is 0. The predicted octanol–water partition coefficient (Wildman–Crippen LogP) is 1.49. The van der Waals surface area contributed by atoms with Gasteiger partial charge in [-0.3, -0.25) is 0 Å². The first kappa shape index (κ1) is 15.8. The third kappa shape index (κ3) is 24.3. The second kappa shape index (κ2) is 16.7. The van der Waals surface area contributed by atoms with E-state index >= 15 is 0 Å². The monoisotopic (exact) mass is 201 g/mol. The normalized spacial score (nSPS) is 4.40. The molecule has 0 amide bonds. The van der Waals surface area contributed by atoms with Crippen molar-refractivity contribution in [2.75, 3.05) is 0 Å². The Morgan fingerprint density at radius 3 is 1.00 bits per heavy atom. The van der Waals surface area contributed by atoms with Gasteiger partial charge in [0.1, 0.15) is 0 Å². The van der Waals surface area contributed by atoms with Crippen LogP contribution in [0.1, 0.15) is 0 Å². The first-order valence-corrected chi connectivity index (χ1v) is 2.82. The van der Waals surface area contributed by atoms with Gasteiger partial charge in [-0.1, -0.05) is 0 Å². The summed E-state index contributed by atoms with van der Waals surface area (Å²) in [7, 11) is 9.34. The number of hydrogen-bond acceptors (Lipinski definition) is 0. The zero-order valence-electron chi connectivity index (χ0n) is 2.47. The van der Waals surface area contributed by atoms with Crippen LogP contribution in [0.4, 0.5) is 0 Å². The van der Waals surface area contributed by atoms with Crippen LogP contribution in [-0.2, 0) is 13.1 Å². The van der Waals surface area contributed by atoms with E-state index in [1.165, 1.54) is 0 Å². The average molecular weight is 202 g/mol. The van der Waals surface area contributed by atoms with Crippen molar-refractivity contribution in [3.8, 4) is 0 Å². The summed E-state index contributed by atoms with van der Waals surface area (Å²) < 4.78 is 0. The Morgan fingerprint density at radius 2 is 1.00 bits per heavy atom. The van der Waals surface area contributed by atoms with Gasteiger partial charge in [-0.05, 0) is 0 Å². The first-order valence-electron chi connectivity index (χ1n) is 0.228. The van der Waals surface area contributed by atoms with Crippen molar-refractivity contribution >= 4 is 40.0 Å². The molecule has 0 rings (SSSR count). The molecule has 2 atom stereocenters. The van der Waals surface area contributed by atoms with E-state index in [4.69, 9.17) is 0 Å². The minimum atomic E-state index is 0. The van der Waals surface area contributed by atoms with Gasteiger partial charge in [0.2, 0.25) is 0 Å². The van der Waals surface area contributed by atoms with E-state index in [-0.39, 0.29) is 19.8 Å². The molecule has 0 radical (unpaired) electrons. The molecule has 0 aliphatic carbocycles. The van der Waals surface area contributed by atoms with E-state index < -0.39 is 0 Å². The Balaban J connectivity index is -0.0000000200. The SMILES string of the molecule is P.P.[Cl][Cu][Cl]. The molecule has 0 bridgehead atoms. The number of hydrogen-bond donors (Lipinski definition) is 0. The van der Waals surface area contributed by atoms with Crippen LogP contribution in [0.2, 0.25) is 0 Å². The summed E-state index contributed by atoms with van der Waals surface area (Å²) in [5.41, 5.74) is 0. The Kier molecular flexibility index (Phi) is 52.8. The van der Waals surface area contributed by atoms with Gasteiger partial charge in [0.05, 0.1) is 0 Å². The molecule has 0 fully saturated rings. The molecular formula is H6Cl2CuP2. The van der Waals surface area contributed by atoms with Crippen LogP contribution in [0.25, 0.3) is 0 Å². The molecule has 0 aromatic rings. The maximum absolute atomic E-state index is 4.67. The van der Waals surface area contributed by atoms with E-state index in [0.717, 1.165) is 13.1 Å². The molecule has 5 heteroatoms. The van der Waals surface area contributed by atoms with Gasteiger partial charge in [0.15, 0.2) is 0 Å². The van der Waals surface area contributed by atoms with Crippen LogP contribution in [0.5, 0.6) is 0 Å².